The molecule has 2 unspecified atom stereocenters. The maximum Gasteiger partial charge on any atom is 0.428 e. The highest BCUT2D eigenvalue weighted by molar-refractivity contribution is 5.36. The number of benzene rings is 1. The van der Waals surface area contributed by atoms with E-state index in [1.54, 1.807) is 0 Å². The summed E-state index contributed by atoms with van der Waals surface area (Å²) in [6, 6.07) is 4.77. The molecule has 1 aromatic rings. The van der Waals surface area contributed by atoms with Crippen molar-refractivity contribution < 1.29 is 36.2 Å². The van der Waals surface area contributed by atoms with E-state index in [-0.39, 0.29) is 17.7 Å². The molecule has 126 valence electrons. The van der Waals surface area contributed by atoms with E-state index in [4.69, 9.17) is 0 Å². The van der Waals surface area contributed by atoms with Crippen LogP contribution in [0.4, 0.5) is 26.3 Å². The van der Waals surface area contributed by atoms with Crippen LogP contribution in [0.1, 0.15) is 12.0 Å². The third-order valence-corrected chi connectivity index (χ3v) is 3.29. The Labute approximate surface area is 127 Å². The third kappa shape index (κ3) is 3.69. The molecule has 0 spiro atoms. The first-order valence-electron chi connectivity index (χ1n) is 6.49. The van der Waals surface area contributed by atoms with Gasteiger partial charge in [-0.2, -0.15) is 22.0 Å². The molecule has 23 heavy (non-hydrogen) atoms. The summed E-state index contributed by atoms with van der Waals surface area (Å²) >= 11 is 0. The molecular formula is C15H12F6O2. The van der Waals surface area contributed by atoms with Gasteiger partial charge < -0.3 is 9.84 Å². The van der Waals surface area contributed by atoms with E-state index < -0.39 is 24.1 Å². The molecule has 0 saturated carbocycles. The number of rotatable bonds is 4. The number of halogens is 6. The van der Waals surface area contributed by atoms with Gasteiger partial charge in [0.15, 0.2) is 0 Å². The van der Waals surface area contributed by atoms with Gasteiger partial charge in [0.25, 0.3) is 6.17 Å². The zero-order valence-electron chi connectivity index (χ0n) is 11.5. The van der Waals surface area contributed by atoms with Crippen molar-refractivity contribution in [3.8, 4) is 5.75 Å². The molecule has 2 atom stereocenters. The van der Waals surface area contributed by atoms with Crippen LogP contribution in [0.15, 0.2) is 48.6 Å². The van der Waals surface area contributed by atoms with Crippen LogP contribution in [-0.4, -0.2) is 23.6 Å². The minimum absolute atomic E-state index is 0.0601. The maximum absolute atomic E-state index is 13.7. The number of hydrogen-bond donors (Lipinski definition) is 1. The van der Waals surface area contributed by atoms with Gasteiger partial charge >= 0.3 is 12.3 Å². The second kappa shape index (κ2) is 5.92. The molecule has 0 bridgehead atoms. The van der Waals surface area contributed by atoms with Crippen LogP contribution in [0.25, 0.3) is 0 Å². The lowest BCUT2D eigenvalue weighted by molar-refractivity contribution is -0.362. The molecule has 0 amide bonds. The molecule has 0 heterocycles. The highest BCUT2D eigenvalue weighted by Crippen LogP contribution is 2.44. The second-order valence-electron chi connectivity index (χ2n) is 5.00. The van der Waals surface area contributed by atoms with Crippen molar-refractivity contribution in [3.05, 3.63) is 54.1 Å². The summed E-state index contributed by atoms with van der Waals surface area (Å²) in [6.07, 6.45) is -10.2. The van der Waals surface area contributed by atoms with Gasteiger partial charge in [0.2, 0.25) is 0 Å². The Morgan fingerprint density at radius 1 is 1.04 bits per heavy atom. The molecule has 0 fully saturated rings. The second-order valence-corrected chi connectivity index (χ2v) is 5.00. The molecule has 0 radical (unpaired) electrons. The molecular weight excluding hydrogens is 326 g/mol. The van der Waals surface area contributed by atoms with Gasteiger partial charge in [-0.15, -0.1) is 0 Å². The normalized spacial score (nSPS) is 23.0. The van der Waals surface area contributed by atoms with Gasteiger partial charge in [-0.25, -0.2) is 4.39 Å². The van der Waals surface area contributed by atoms with Crippen molar-refractivity contribution in [1.82, 2.24) is 0 Å². The summed E-state index contributed by atoms with van der Waals surface area (Å²) in [7, 11) is 0. The summed E-state index contributed by atoms with van der Waals surface area (Å²) in [5, 5.41) is 9.24. The Balaban J connectivity index is 2.39. The highest BCUT2D eigenvalue weighted by atomic mass is 19.4. The van der Waals surface area contributed by atoms with Crippen molar-refractivity contribution in [2.45, 2.75) is 30.5 Å². The van der Waals surface area contributed by atoms with Crippen LogP contribution in [0.5, 0.6) is 5.75 Å². The summed E-state index contributed by atoms with van der Waals surface area (Å²) < 4.78 is 81.6. The molecule has 0 aliphatic heterocycles. The van der Waals surface area contributed by atoms with Gasteiger partial charge in [0.05, 0.1) is 0 Å². The van der Waals surface area contributed by atoms with Crippen molar-refractivity contribution >= 4 is 0 Å². The van der Waals surface area contributed by atoms with Gasteiger partial charge in [-0.1, -0.05) is 30.4 Å². The van der Waals surface area contributed by atoms with Crippen molar-refractivity contribution in [2.75, 3.05) is 0 Å². The molecule has 1 aliphatic rings. The smallest absolute Gasteiger partial charge is 0.428 e. The molecule has 0 saturated heterocycles. The number of hydrogen-bond acceptors (Lipinski definition) is 2. The molecule has 0 aromatic heterocycles. The number of alkyl halides is 6. The summed E-state index contributed by atoms with van der Waals surface area (Å²) in [5.74, 6) is -0.162. The number of allylic oxidation sites excluding steroid dienone is 2. The number of phenolic OH excluding ortho intramolecular Hbond substituents is 1. The fourth-order valence-electron chi connectivity index (χ4n) is 2.18. The molecule has 1 N–H and O–H groups in total. The summed E-state index contributed by atoms with van der Waals surface area (Å²) in [4.78, 5) is 0. The van der Waals surface area contributed by atoms with Crippen LogP contribution in [0.2, 0.25) is 0 Å². The summed E-state index contributed by atoms with van der Waals surface area (Å²) in [6.45, 7) is 0. The van der Waals surface area contributed by atoms with E-state index in [2.05, 4.69) is 4.74 Å². The number of aromatic hydroxyl groups is 1. The molecule has 2 nitrogen and oxygen atoms in total. The van der Waals surface area contributed by atoms with Gasteiger partial charge in [-0.3, -0.25) is 0 Å². The van der Waals surface area contributed by atoms with Crippen molar-refractivity contribution in [1.29, 1.82) is 0 Å². The topological polar surface area (TPSA) is 29.5 Å². The van der Waals surface area contributed by atoms with E-state index in [9.17, 15) is 31.4 Å². The van der Waals surface area contributed by atoms with E-state index in [0.29, 0.717) is 0 Å². The first-order valence-corrected chi connectivity index (χ1v) is 6.49. The molecule has 2 rings (SSSR count). The predicted octanol–water partition coefficient (Wildman–Crippen LogP) is 4.61. The first kappa shape index (κ1) is 17.4. The standard InChI is InChI=1S/C15H12F6O2/c16-12(14(17,18)19)15(20,21)23-13(8-2-1-3-9-13)10-4-6-11(22)7-5-10/h1-8,12,22H,9H2. The van der Waals surface area contributed by atoms with E-state index in [0.717, 1.165) is 6.08 Å². The fraction of sp³-hybridized carbons (Fsp3) is 0.333. The minimum atomic E-state index is -5.76. The van der Waals surface area contributed by atoms with Crippen molar-refractivity contribution in [3.63, 3.8) is 0 Å². The fourth-order valence-corrected chi connectivity index (χ4v) is 2.18. The van der Waals surface area contributed by atoms with Crippen LogP contribution in [0.3, 0.4) is 0 Å². The Kier molecular flexibility index (Phi) is 4.48. The number of ether oxygens (including phenoxy) is 1. The van der Waals surface area contributed by atoms with Gasteiger partial charge in [0.1, 0.15) is 11.4 Å². The third-order valence-electron chi connectivity index (χ3n) is 3.29. The van der Waals surface area contributed by atoms with E-state index >= 15 is 0 Å². The zero-order valence-corrected chi connectivity index (χ0v) is 11.5. The predicted molar refractivity (Wildman–Crippen MR) is 69.7 cm³/mol. The lowest BCUT2D eigenvalue weighted by Crippen LogP contribution is -2.48. The molecule has 8 heteroatoms. The average molecular weight is 338 g/mol. The Hall–Kier alpha value is -1.96. The first-order chi connectivity index (χ1) is 10.6. The quantitative estimate of drug-likeness (QED) is 0.812. The SMILES string of the molecule is Oc1ccc(C2(OC(F)(F)C(F)C(F)(F)F)C=CC=CC2)cc1. The Morgan fingerprint density at radius 2 is 1.65 bits per heavy atom. The average Bonchev–Trinajstić information content (AvgIpc) is 2.46. The lowest BCUT2D eigenvalue weighted by atomic mass is 9.87. The molecule has 1 aliphatic carbocycles. The Morgan fingerprint density at radius 3 is 2.13 bits per heavy atom. The lowest BCUT2D eigenvalue weighted by Gasteiger charge is -2.36. The Bertz CT molecular complexity index is 605. The number of phenols is 1. The van der Waals surface area contributed by atoms with Gasteiger partial charge in [0, 0.05) is 6.42 Å². The summed E-state index contributed by atoms with van der Waals surface area (Å²) in [5.41, 5.74) is -1.91. The van der Waals surface area contributed by atoms with Crippen LogP contribution < -0.4 is 0 Å². The molecule has 1 aromatic carbocycles. The zero-order chi connectivity index (χ0) is 17.3. The van der Waals surface area contributed by atoms with Crippen molar-refractivity contribution in [2.24, 2.45) is 0 Å². The largest absolute Gasteiger partial charge is 0.508 e. The van der Waals surface area contributed by atoms with Gasteiger partial charge in [-0.05, 0) is 23.8 Å². The van der Waals surface area contributed by atoms with E-state index in [1.807, 2.05) is 0 Å². The van der Waals surface area contributed by atoms with Crippen LogP contribution >= 0.6 is 0 Å². The maximum atomic E-state index is 13.7. The van der Waals surface area contributed by atoms with Crippen LogP contribution in [0, 0.1) is 0 Å². The van der Waals surface area contributed by atoms with E-state index in [1.165, 1.54) is 42.5 Å². The minimum Gasteiger partial charge on any atom is -0.508 e. The van der Waals surface area contributed by atoms with Crippen LogP contribution in [-0.2, 0) is 10.3 Å². The highest BCUT2D eigenvalue weighted by Gasteiger charge is 2.60. The monoisotopic (exact) mass is 338 g/mol.